The van der Waals surface area contributed by atoms with Gasteiger partial charge in [0, 0.05) is 19.8 Å². The lowest BCUT2D eigenvalue weighted by molar-refractivity contribution is -0.136. The van der Waals surface area contributed by atoms with Crippen LogP contribution in [0.3, 0.4) is 0 Å². The molecular formula is C20H27N3O3. The number of imidazole rings is 1. The van der Waals surface area contributed by atoms with E-state index in [1.165, 1.54) is 0 Å². The first kappa shape index (κ1) is 18.5. The van der Waals surface area contributed by atoms with Gasteiger partial charge in [-0.3, -0.25) is 4.79 Å². The molecule has 6 heteroatoms. The number of aliphatic hydroxyl groups is 1. The van der Waals surface area contributed by atoms with Crippen molar-refractivity contribution < 1.29 is 14.6 Å². The second-order valence-electron chi connectivity index (χ2n) is 7.64. The molecule has 1 amide bonds. The fourth-order valence-electron chi connectivity index (χ4n) is 3.85. The van der Waals surface area contributed by atoms with Gasteiger partial charge in [0.15, 0.2) is 0 Å². The van der Waals surface area contributed by atoms with Gasteiger partial charge in [-0.25, -0.2) is 4.98 Å². The molecule has 26 heavy (non-hydrogen) atoms. The highest BCUT2D eigenvalue weighted by molar-refractivity contribution is 5.93. The minimum atomic E-state index is -0.562. The van der Waals surface area contributed by atoms with Crippen molar-refractivity contribution in [2.45, 2.75) is 32.2 Å². The Labute approximate surface area is 154 Å². The van der Waals surface area contributed by atoms with Crippen molar-refractivity contribution >= 4 is 5.91 Å². The molecule has 1 aliphatic carbocycles. The molecule has 1 aromatic heterocycles. The maximum Gasteiger partial charge on any atom is 0.234 e. The lowest BCUT2D eigenvalue weighted by Crippen LogP contribution is -2.42. The van der Waals surface area contributed by atoms with Gasteiger partial charge in [0.1, 0.15) is 5.75 Å². The predicted molar refractivity (Wildman–Crippen MR) is 98.8 cm³/mol. The second-order valence-corrected chi connectivity index (χ2v) is 7.64. The normalized spacial score (nSPS) is 20.7. The summed E-state index contributed by atoms with van der Waals surface area (Å²) in [6.45, 7) is 4.91. The lowest BCUT2D eigenvalue weighted by Gasteiger charge is -2.29. The molecule has 0 saturated heterocycles. The summed E-state index contributed by atoms with van der Waals surface area (Å²) in [6, 6.07) is 7.76. The first-order chi connectivity index (χ1) is 12.4. The summed E-state index contributed by atoms with van der Waals surface area (Å²) in [4.78, 5) is 19.5. The molecule has 0 aliphatic heterocycles. The average Bonchev–Trinajstić information content (AvgIpc) is 3.00. The van der Waals surface area contributed by atoms with E-state index < -0.39 is 5.41 Å². The van der Waals surface area contributed by atoms with Gasteiger partial charge in [0.05, 0.1) is 37.7 Å². The molecule has 2 aromatic rings. The third-order valence-corrected chi connectivity index (χ3v) is 5.61. The van der Waals surface area contributed by atoms with Gasteiger partial charge in [0.2, 0.25) is 5.91 Å². The van der Waals surface area contributed by atoms with Gasteiger partial charge in [-0.05, 0) is 29.5 Å². The molecule has 6 nitrogen and oxygen atoms in total. The van der Waals surface area contributed by atoms with Crippen LogP contribution in [0.1, 0.15) is 31.5 Å². The van der Waals surface area contributed by atoms with Gasteiger partial charge in [0.25, 0.3) is 0 Å². The van der Waals surface area contributed by atoms with Gasteiger partial charge in [-0.2, -0.15) is 0 Å². The van der Waals surface area contributed by atoms with Crippen LogP contribution in [-0.2, 0) is 23.8 Å². The summed E-state index contributed by atoms with van der Waals surface area (Å²) in [6.07, 6.45) is 4.27. The Morgan fingerprint density at radius 3 is 2.46 bits per heavy atom. The van der Waals surface area contributed by atoms with Crippen molar-refractivity contribution in [2.75, 3.05) is 20.3 Å². The van der Waals surface area contributed by atoms with Crippen molar-refractivity contribution in [3.63, 3.8) is 0 Å². The third kappa shape index (κ3) is 2.98. The molecular weight excluding hydrogens is 330 g/mol. The highest BCUT2D eigenvalue weighted by Crippen LogP contribution is 2.65. The molecule has 1 aliphatic rings. The van der Waals surface area contributed by atoms with Gasteiger partial charge in [-0.1, -0.05) is 26.0 Å². The molecule has 0 radical (unpaired) electrons. The monoisotopic (exact) mass is 357 g/mol. The number of benzene rings is 1. The number of rotatable bonds is 7. The number of hydrogen-bond acceptors (Lipinski definition) is 4. The van der Waals surface area contributed by atoms with Crippen LogP contribution >= 0.6 is 0 Å². The first-order valence-electron chi connectivity index (χ1n) is 8.85. The molecule has 1 atom stereocenters. The summed E-state index contributed by atoms with van der Waals surface area (Å²) in [5, 5.41) is 9.51. The van der Waals surface area contributed by atoms with E-state index >= 15 is 0 Å². The smallest absolute Gasteiger partial charge is 0.234 e. The number of nitrogens with zero attached hydrogens (tertiary/aromatic N) is 3. The molecule has 1 fully saturated rings. The van der Waals surface area contributed by atoms with Crippen LogP contribution in [0.5, 0.6) is 5.75 Å². The standard InChI is InChI=1S/C20H27N3O3/c1-19(2)13-20(19,15-5-7-17(26-4)8-6-15)18(25)23(9-10-24)12-16-11-21-14-22(16)3/h5-8,11,14,24H,9-10,12-13H2,1-4H3. The molecule has 0 spiro atoms. The van der Waals surface area contributed by atoms with Crippen molar-refractivity contribution in [1.29, 1.82) is 0 Å². The topological polar surface area (TPSA) is 67.6 Å². The largest absolute Gasteiger partial charge is 0.497 e. The van der Waals surface area contributed by atoms with Crippen LogP contribution in [0.15, 0.2) is 36.8 Å². The number of ether oxygens (including phenoxy) is 1. The average molecular weight is 357 g/mol. The Bertz CT molecular complexity index is 782. The Morgan fingerprint density at radius 1 is 1.35 bits per heavy atom. The number of methoxy groups -OCH3 is 1. The zero-order valence-electron chi connectivity index (χ0n) is 15.9. The number of aliphatic hydroxyl groups excluding tert-OH is 1. The fraction of sp³-hybridized carbons (Fsp3) is 0.500. The highest BCUT2D eigenvalue weighted by Gasteiger charge is 2.67. The van der Waals surface area contributed by atoms with E-state index in [0.29, 0.717) is 13.1 Å². The highest BCUT2D eigenvalue weighted by atomic mass is 16.5. The summed E-state index contributed by atoms with van der Waals surface area (Å²) in [7, 11) is 3.54. The van der Waals surface area contributed by atoms with E-state index in [4.69, 9.17) is 4.74 Å². The Kier molecular flexibility index (Phi) is 4.80. The van der Waals surface area contributed by atoms with Crippen LogP contribution in [0, 0.1) is 5.41 Å². The molecule has 1 heterocycles. The SMILES string of the molecule is COc1ccc(C2(C(=O)N(CCO)Cc3cncn3C)CC2(C)C)cc1. The summed E-state index contributed by atoms with van der Waals surface area (Å²) in [5.74, 6) is 0.833. The number of aryl methyl sites for hydroxylation is 1. The zero-order chi connectivity index (χ0) is 18.9. The number of amides is 1. The summed E-state index contributed by atoms with van der Waals surface area (Å²) >= 11 is 0. The maximum atomic E-state index is 13.6. The van der Waals surface area contributed by atoms with Gasteiger partial charge in [-0.15, -0.1) is 0 Å². The van der Waals surface area contributed by atoms with E-state index in [9.17, 15) is 9.90 Å². The minimum Gasteiger partial charge on any atom is -0.497 e. The fourth-order valence-corrected chi connectivity index (χ4v) is 3.85. The second kappa shape index (κ2) is 6.76. The maximum absolute atomic E-state index is 13.6. The van der Waals surface area contributed by atoms with Gasteiger partial charge >= 0.3 is 0 Å². The Balaban J connectivity index is 1.92. The number of hydrogen-bond donors (Lipinski definition) is 1. The van der Waals surface area contributed by atoms with Crippen LogP contribution in [0.4, 0.5) is 0 Å². The number of carbonyl (C=O) groups is 1. The quantitative estimate of drug-likeness (QED) is 0.824. The van der Waals surface area contributed by atoms with E-state index in [1.54, 1.807) is 24.5 Å². The van der Waals surface area contributed by atoms with E-state index in [0.717, 1.165) is 23.4 Å². The van der Waals surface area contributed by atoms with Gasteiger partial charge < -0.3 is 19.3 Å². The van der Waals surface area contributed by atoms with Crippen LogP contribution in [0.2, 0.25) is 0 Å². The summed E-state index contributed by atoms with van der Waals surface area (Å²) in [5.41, 5.74) is 1.25. The van der Waals surface area contributed by atoms with Crippen LogP contribution < -0.4 is 4.74 Å². The molecule has 140 valence electrons. The van der Waals surface area contributed by atoms with Crippen molar-refractivity contribution in [3.05, 3.63) is 48.0 Å². The van der Waals surface area contributed by atoms with Crippen LogP contribution in [-0.4, -0.2) is 45.7 Å². The van der Waals surface area contributed by atoms with Crippen LogP contribution in [0.25, 0.3) is 0 Å². The van der Waals surface area contributed by atoms with Crippen molar-refractivity contribution in [1.82, 2.24) is 14.5 Å². The molecule has 1 N–H and O–H groups in total. The first-order valence-corrected chi connectivity index (χ1v) is 8.85. The number of aromatic nitrogens is 2. The van der Waals surface area contributed by atoms with E-state index in [1.807, 2.05) is 35.9 Å². The third-order valence-electron chi connectivity index (χ3n) is 5.61. The Hall–Kier alpha value is -2.34. The van der Waals surface area contributed by atoms with Crippen molar-refractivity contribution in [2.24, 2.45) is 12.5 Å². The number of carbonyl (C=O) groups excluding carboxylic acids is 1. The Morgan fingerprint density at radius 2 is 2.00 bits per heavy atom. The van der Waals surface area contributed by atoms with Crippen molar-refractivity contribution in [3.8, 4) is 5.75 Å². The van der Waals surface area contributed by atoms with E-state index in [2.05, 4.69) is 18.8 Å². The summed E-state index contributed by atoms with van der Waals surface area (Å²) < 4.78 is 7.14. The zero-order valence-corrected chi connectivity index (χ0v) is 15.9. The molecule has 1 aromatic carbocycles. The minimum absolute atomic E-state index is 0.0583. The van der Waals surface area contributed by atoms with E-state index in [-0.39, 0.29) is 17.9 Å². The molecule has 1 saturated carbocycles. The molecule has 0 bridgehead atoms. The molecule has 1 unspecified atom stereocenters. The predicted octanol–water partition coefficient (Wildman–Crippen LogP) is 2.12. The lowest BCUT2D eigenvalue weighted by atomic mass is 9.86. The molecule has 3 rings (SSSR count).